The van der Waals surface area contributed by atoms with Crippen molar-refractivity contribution in [3.63, 3.8) is 0 Å². The smallest absolute Gasteiger partial charge is 0.0543 e. The molecule has 0 atom stereocenters. The molecule has 0 amide bonds. The average molecular weight is 677 g/mol. The van der Waals surface area contributed by atoms with Gasteiger partial charge in [0.05, 0.1) is 27.8 Å². The van der Waals surface area contributed by atoms with E-state index in [1.165, 1.54) is 93.8 Å². The molecular formula is C51H36N2. The number of aromatic nitrogens is 2. The van der Waals surface area contributed by atoms with E-state index >= 15 is 0 Å². The second-order valence-electron chi connectivity index (χ2n) is 15.0. The Labute approximate surface area is 308 Å². The molecule has 53 heavy (non-hydrogen) atoms. The van der Waals surface area contributed by atoms with E-state index in [2.05, 4.69) is 205 Å². The Kier molecular flexibility index (Phi) is 6.33. The molecule has 0 spiro atoms. The number of para-hydroxylation sites is 2. The Balaban J connectivity index is 1.07. The summed E-state index contributed by atoms with van der Waals surface area (Å²) in [6.45, 7) is 4.71. The van der Waals surface area contributed by atoms with Gasteiger partial charge in [-0.2, -0.15) is 0 Å². The number of hydrogen-bond acceptors (Lipinski definition) is 0. The molecule has 8 aromatic carbocycles. The van der Waals surface area contributed by atoms with E-state index in [9.17, 15) is 0 Å². The summed E-state index contributed by atoms with van der Waals surface area (Å²) in [5.74, 6) is 0. The van der Waals surface area contributed by atoms with Crippen LogP contribution >= 0.6 is 0 Å². The van der Waals surface area contributed by atoms with Crippen LogP contribution in [0.15, 0.2) is 182 Å². The van der Waals surface area contributed by atoms with Gasteiger partial charge in [0.2, 0.25) is 0 Å². The highest BCUT2D eigenvalue weighted by Crippen LogP contribution is 2.51. The molecule has 2 nitrogen and oxygen atoms in total. The normalized spacial score (nSPS) is 13.2. The van der Waals surface area contributed by atoms with Crippen LogP contribution < -0.4 is 0 Å². The molecule has 1 aliphatic carbocycles. The highest BCUT2D eigenvalue weighted by atomic mass is 15.0. The SMILES string of the molecule is CC1(C)c2ccccc2-c2c(-n3c4ccccc4c4cc(-c5ccc6c(c5)c5ccccc5n6-c5ccc(-c6ccccc6)cc5)ccc43)cccc21. The Hall–Kier alpha value is -6.64. The summed E-state index contributed by atoms with van der Waals surface area (Å²) in [6.07, 6.45) is 0. The molecule has 10 aromatic rings. The van der Waals surface area contributed by atoms with Gasteiger partial charge in [-0.25, -0.2) is 0 Å². The van der Waals surface area contributed by atoms with Gasteiger partial charge in [0.25, 0.3) is 0 Å². The van der Waals surface area contributed by atoms with Crippen LogP contribution in [0, 0.1) is 0 Å². The molecule has 0 fully saturated rings. The monoisotopic (exact) mass is 676 g/mol. The van der Waals surface area contributed by atoms with Crippen molar-refractivity contribution in [2.45, 2.75) is 19.3 Å². The molecule has 2 aromatic heterocycles. The molecule has 1 aliphatic rings. The van der Waals surface area contributed by atoms with Gasteiger partial charge in [0.15, 0.2) is 0 Å². The van der Waals surface area contributed by atoms with E-state index in [1.54, 1.807) is 0 Å². The molecule has 0 N–H and O–H groups in total. The molecule has 250 valence electrons. The minimum Gasteiger partial charge on any atom is -0.309 e. The summed E-state index contributed by atoms with van der Waals surface area (Å²) in [5.41, 5.74) is 17.6. The maximum atomic E-state index is 2.49. The largest absolute Gasteiger partial charge is 0.309 e. The predicted octanol–water partition coefficient (Wildman–Crippen LogP) is 13.5. The van der Waals surface area contributed by atoms with Gasteiger partial charge in [-0.05, 0) is 93.5 Å². The first kappa shape index (κ1) is 30.0. The summed E-state index contributed by atoms with van der Waals surface area (Å²) in [6, 6.07) is 67.0. The average Bonchev–Trinajstić information content (AvgIpc) is 3.81. The van der Waals surface area contributed by atoms with E-state index < -0.39 is 0 Å². The molecule has 2 heteroatoms. The summed E-state index contributed by atoms with van der Waals surface area (Å²) in [5, 5.41) is 5.05. The molecule has 0 saturated heterocycles. The van der Waals surface area contributed by atoms with Gasteiger partial charge < -0.3 is 9.13 Å². The van der Waals surface area contributed by atoms with Crippen LogP contribution in [0.5, 0.6) is 0 Å². The van der Waals surface area contributed by atoms with Crippen LogP contribution in [0.25, 0.3) is 88.4 Å². The van der Waals surface area contributed by atoms with E-state index in [0.29, 0.717) is 0 Å². The maximum absolute atomic E-state index is 2.49. The van der Waals surface area contributed by atoms with Crippen molar-refractivity contribution < 1.29 is 0 Å². The van der Waals surface area contributed by atoms with Crippen LogP contribution in [0.4, 0.5) is 0 Å². The van der Waals surface area contributed by atoms with Crippen molar-refractivity contribution in [3.05, 3.63) is 193 Å². The Morgan fingerprint density at radius 3 is 1.57 bits per heavy atom. The molecule has 11 rings (SSSR count). The highest BCUT2D eigenvalue weighted by molar-refractivity contribution is 6.13. The van der Waals surface area contributed by atoms with Gasteiger partial charge in [-0.1, -0.05) is 141 Å². The molecule has 0 saturated carbocycles. The summed E-state index contributed by atoms with van der Waals surface area (Å²) in [4.78, 5) is 0. The van der Waals surface area contributed by atoms with Crippen molar-refractivity contribution >= 4 is 43.6 Å². The first-order valence-electron chi connectivity index (χ1n) is 18.5. The summed E-state index contributed by atoms with van der Waals surface area (Å²) >= 11 is 0. The maximum Gasteiger partial charge on any atom is 0.0543 e. The number of hydrogen-bond donors (Lipinski definition) is 0. The summed E-state index contributed by atoms with van der Waals surface area (Å²) in [7, 11) is 0. The number of nitrogens with zero attached hydrogens (tertiary/aromatic N) is 2. The van der Waals surface area contributed by atoms with Crippen molar-refractivity contribution in [2.24, 2.45) is 0 Å². The van der Waals surface area contributed by atoms with Gasteiger partial charge in [0, 0.05) is 38.2 Å². The molecule has 2 heterocycles. The van der Waals surface area contributed by atoms with Crippen molar-refractivity contribution in [3.8, 4) is 44.8 Å². The van der Waals surface area contributed by atoms with Gasteiger partial charge >= 0.3 is 0 Å². The van der Waals surface area contributed by atoms with E-state index in [1.807, 2.05) is 0 Å². The van der Waals surface area contributed by atoms with Gasteiger partial charge in [-0.3, -0.25) is 0 Å². The molecule has 0 unspecified atom stereocenters. The van der Waals surface area contributed by atoms with Gasteiger partial charge in [-0.15, -0.1) is 0 Å². The first-order chi connectivity index (χ1) is 26.1. The third-order valence-corrected chi connectivity index (χ3v) is 11.7. The van der Waals surface area contributed by atoms with Crippen LogP contribution in [0.2, 0.25) is 0 Å². The van der Waals surface area contributed by atoms with E-state index in [4.69, 9.17) is 0 Å². The van der Waals surface area contributed by atoms with E-state index in [0.717, 1.165) is 5.69 Å². The fourth-order valence-electron chi connectivity index (χ4n) is 9.20. The Bertz CT molecular complexity index is 3060. The Morgan fingerprint density at radius 2 is 0.868 bits per heavy atom. The van der Waals surface area contributed by atoms with Crippen molar-refractivity contribution in [1.82, 2.24) is 9.13 Å². The number of rotatable bonds is 4. The fourth-order valence-corrected chi connectivity index (χ4v) is 9.20. The van der Waals surface area contributed by atoms with Crippen LogP contribution in [0.1, 0.15) is 25.0 Å². The zero-order valence-electron chi connectivity index (χ0n) is 29.7. The molecule has 0 aliphatic heterocycles. The number of benzene rings is 8. The quantitative estimate of drug-likeness (QED) is 0.176. The molecular weight excluding hydrogens is 641 g/mol. The lowest BCUT2D eigenvalue weighted by Crippen LogP contribution is -2.14. The second-order valence-corrected chi connectivity index (χ2v) is 15.0. The lowest BCUT2D eigenvalue weighted by molar-refractivity contribution is 0.660. The lowest BCUT2D eigenvalue weighted by Gasteiger charge is -2.21. The zero-order valence-corrected chi connectivity index (χ0v) is 29.7. The minimum absolute atomic E-state index is 0.0543. The van der Waals surface area contributed by atoms with Crippen LogP contribution in [-0.4, -0.2) is 9.13 Å². The van der Waals surface area contributed by atoms with Crippen LogP contribution in [-0.2, 0) is 5.41 Å². The van der Waals surface area contributed by atoms with E-state index in [-0.39, 0.29) is 5.41 Å². The van der Waals surface area contributed by atoms with Crippen LogP contribution in [0.3, 0.4) is 0 Å². The minimum atomic E-state index is -0.0543. The standard InChI is InChI=1S/C51H36N2/c1-51(2)43-18-9-6-17-40(43)50-44(51)19-12-22-49(50)53-46-21-11-8-16-39(46)42-32-36(26-30-48(42)53)35-25-29-47-41(31-35)38-15-7-10-20-45(38)52(47)37-27-23-34(24-28-37)33-13-4-3-5-14-33/h3-32H,1-2H3. The molecule has 0 radical (unpaired) electrons. The van der Waals surface area contributed by atoms with Crippen molar-refractivity contribution in [2.75, 3.05) is 0 Å². The predicted molar refractivity (Wildman–Crippen MR) is 224 cm³/mol. The lowest BCUT2D eigenvalue weighted by atomic mass is 9.82. The Morgan fingerprint density at radius 1 is 0.358 bits per heavy atom. The third-order valence-electron chi connectivity index (χ3n) is 11.7. The number of fused-ring (bicyclic) bond motifs is 9. The van der Waals surface area contributed by atoms with Crippen molar-refractivity contribution in [1.29, 1.82) is 0 Å². The topological polar surface area (TPSA) is 9.86 Å². The first-order valence-corrected chi connectivity index (χ1v) is 18.5. The zero-order chi connectivity index (χ0) is 35.3. The highest BCUT2D eigenvalue weighted by Gasteiger charge is 2.37. The summed E-state index contributed by atoms with van der Waals surface area (Å²) < 4.78 is 4.89. The molecule has 0 bridgehead atoms. The third kappa shape index (κ3) is 4.33. The van der Waals surface area contributed by atoms with Gasteiger partial charge in [0.1, 0.15) is 0 Å². The second kappa shape index (κ2) is 11.2. The fraction of sp³-hybridized carbons (Fsp3) is 0.0588.